The first kappa shape index (κ1) is 21.0. The largest absolute Gasteiger partial charge is 0.466 e. The predicted molar refractivity (Wildman–Crippen MR) is 98.2 cm³/mol. The molecule has 0 aliphatic rings. The molecule has 0 saturated heterocycles. The summed E-state index contributed by atoms with van der Waals surface area (Å²) in [4.78, 5) is 11.5. The molecule has 0 aliphatic carbocycles. The summed E-state index contributed by atoms with van der Waals surface area (Å²) in [6.45, 7) is 12.4. The fraction of sp³-hybridized carbons (Fsp3) is 0.579. The summed E-state index contributed by atoms with van der Waals surface area (Å²) in [6.07, 6.45) is 0.911. The van der Waals surface area contributed by atoms with Crippen molar-refractivity contribution >= 4 is 14.3 Å². The lowest BCUT2D eigenvalue weighted by Crippen LogP contribution is -2.43. The Morgan fingerprint density at radius 3 is 2.56 bits per heavy atom. The van der Waals surface area contributed by atoms with Crippen molar-refractivity contribution in [3.8, 4) is 17.9 Å². The van der Waals surface area contributed by atoms with E-state index in [-0.39, 0.29) is 17.7 Å². The number of hydrogen-bond donors (Lipinski definition) is 0. The van der Waals surface area contributed by atoms with Crippen LogP contribution in [-0.2, 0) is 20.4 Å². The molecule has 0 radical (unpaired) electrons. The highest BCUT2D eigenvalue weighted by Gasteiger charge is 2.38. The van der Waals surface area contributed by atoms with Gasteiger partial charge in [0.2, 0.25) is 0 Å². The average molecular weight is 362 g/mol. The number of ether oxygens (including phenoxy) is 1. The van der Waals surface area contributed by atoms with Crippen LogP contribution in [0.25, 0.3) is 0 Å². The van der Waals surface area contributed by atoms with Crippen molar-refractivity contribution in [3.63, 3.8) is 0 Å². The normalized spacial score (nSPS) is 12.7. The monoisotopic (exact) mass is 361 g/mol. The molecule has 5 nitrogen and oxygen atoms in total. The summed E-state index contributed by atoms with van der Waals surface area (Å²) in [5.74, 6) is 6.33. The summed E-state index contributed by atoms with van der Waals surface area (Å²) >= 11 is 0. The SMILES string of the molecule is Cc1ccc(CCC(C#CC(=O)OCC#N)O[Si](C)(C)C(C)(C)C)o1. The van der Waals surface area contributed by atoms with Gasteiger partial charge in [-0.05, 0) is 43.6 Å². The van der Waals surface area contributed by atoms with Crippen molar-refractivity contribution < 1.29 is 18.4 Å². The van der Waals surface area contributed by atoms with Crippen LogP contribution >= 0.6 is 0 Å². The fourth-order valence-corrected chi connectivity index (χ4v) is 3.10. The first-order valence-electron chi connectivity index (χ1n) is 8.33. The Morgan fingerprint density at radius 1 is 1.36 bits per heavy atom. The van der Waals surface area contributed by atoms with Gasteiger partial charge in [-0.1, -0.05) is 26.7 Å². The van der Waals surface area contributed by atoms with Gasteiger partial charge >= 0.3 is 5.97 Å². The van der Waals surface area contributed by atoms with Gasteiger partial charge < -0.3 is 13.6 Å². The van der Waals surface area contributed by atoms with Gasteiger partial charge in [-0.3, -0.25) is 0 Å². The lowest BCUT2D eigenvalue weighted by molar-refractivity contribution is -0.135. The van der Waals surface area contributed by atoms with E-state index in [0.29, 0.717) is 12.8 Å². The minimum absolute atomic E-state index is 0.0372. The maximum absolute atomic E-state index is 11.5. The number of hydrogen-bond acceptors (Lipinski definition) is 5. The highest BCUT2D eigenvalue weighted by atomic mass is 28.4. The number of nitriles is 1. The van der Waals surface area contributed by atoms with E-state index in [2.05, 4.69) is 50.4 Å². The van der Waals surface area contributed by atoms with Crippen LogP contribution in [0, 0.1) is 30.1 Å². The summed E-state index contributed by atoms with van der Waals surface area (Å²) in [5.41, 5.74) is 0. The summed E-state index contributed by atoms with van der Waals surface area (Å²) < 4.78 is 16.6. The number of furan rings is 1. The van der Waals surface area contributed by atoms with Crippen molar-refractivity contribution in [1.82, 2.24) is 0 Å². The van der Waals surface area contributed by atoms with Crippen LogP contribution < -0.4 is 0 Å². The van der Waals surface area contributed by atoms with Gasteiger partial charge in [0.15, 0.2) is 14.9 Å². The molecule has 1 aromatic heterocycles. The maximum atomic E-state index is 11.5. The molecule has 136 valence electrons. The van der Waals surface area contributed by atoms with E-state index in [4.69, 9.17) is 14.1 Å². The Kier molecular flexibility index (Phi) is 7.48. The zero-order chi connectivity index (χ0) is 19.1. The van der Waals surface area contributed by atoms with Crippen LogP contribution in [0.4, 0.5) is 0 Å². The quantitative estimate of drug-likeness (QED) is 0.332. The molecule has 0 fully saturated rings. The molecule has 0 aromatic carbocycles. The molecule has 0 spiro atoms. The number of carbonyl (C=O) groups excluding carboxylic acids is 1. The lowest BCUT2D eigenvalue weighted by Gasteiger charge is -2.38. The van der Waals surface area contributed by atoms with E-state index >= 15 is 0 Å². The lowest BCUT2D eigenvalue weighted by atomic mass is 10.2. The first-order valence-corrected chi connectivity index (χ1v) is 11.2. The number of carbonyl (C=O) groups is 1. The maximum Gasteiger partial charge on any atom is 0.385 e. The molecule has 1 aromatic rings. The fourth-order valence-electron chi connectivity index (χ4n) is 1.86. The smallest absolute Gasteiger partial charge is 0.385 e. The van der Waals surface area contributed by atoms with Gasteiger partial charge in [0.05, 0.1) is 0 Å². The molecule has 6 heteroatoms. The van der Waals surface area contributed by atoms with E-state index in [1.54, 1.807) is 6.07 Å². The second-order valence-corrected chi connectivity index (χ2v) is 12.2. The highest BCUT2D eigenvalue weighted by Crippen LogP contribution is 2.37. The molecule has 0 bridgehead atoms. The highest BCUT2D eigenvalue weighted by molar-refractivity contribution is 6.74. The Balaban J connectivity index is 2.84. The van der Waals surface area contributed by atoms with Gasteiger partial charge in [0.1, 0.15) is 23.7 Å². The van der Waals surface area contributed by atoms with Crippen LogP contribution in [0.15, 0.2) is 16.5 Å². The van der Waals surface area contributed by atoms with E-state index < -0.39 is 14.3 Å². The Bertz CT molecular complexity index is 683. The predicted octanol–water partition coefficient (Wildman–Crippen LogP) is 3.98. The van der Waals surface area contributed by atoms with Crippen molar-refractivity contribution in [2.75, 3.05) is 6.61 Å². The average Bonchev–Trinajstić information content (AvgIpc) is 2.92. The third-order valence-corrected chi connectivity index (χ3v) is 8.78. The molecule has 0 saturated carbocycles. The molecular formula is C19H27NO4Si. The molecule has 0 aliphatic heterocycles. The molecular weight excluding hydrogens is 334 g/mol. The minimum atomic E-state index is -2.04. The van der Waals surface area contributed by atoms with Crippen LogP contribution in [0.1, 0.15) is 38.7 Å². The third-order valence-electron chi connectivity index (χ3n) is 4.30. The van der Waals surface area contributed by atoms with E-state index in [9.17, 15) is 4.79 Å². The molecule has 0 N–H and O–H groups in total. The van der Waals surface area contributed by atoms with Crippen LogP contribution in [0.2, 0.25) is 18.1 Å². The zero-order valence-electron chi connectivity index (χ0n) is 15.9. The van der Waals surface area contributed by atoms with Crippen molar-refractivity contribution in [3.05, 3.63) is 23.7 Å². The second kappa shape index (κ2) is 8.89. The van der Waals surface area contributed by atoms with Gasteiger partial charge in [-0.2, -0.15) is 5.26 Å². The molecule has 1 heterocycles. The first-order chi connectivity index (χ1) is 11.5. The van der Waals surface area contributed by atoms with E-state index in [1.807, 2.05) is 19.1 Å². The number of nitrogens with zero attached hydrogens (tertiary/aromatic N) is 1. The topological polar surface area (TPSA) is 72.5 Å². The summed E-state index contributed by atoms with van der Waals surface area (Å²) in [5, 5.41) is 8.48. The van der Waals surface area contributed by atoms with Crippen LogP contribution in [0.5, 0.6) is 0 Å². The summed E-state index contributed by atoms with van der Waals surface area (Å²) in [6, 6.07) is 5.60. The van der Waals surface area contributed by atoms with E-state index in [0.717, 1.165) is 11.5 Å². The Labute approximate surface area is 151 Å². The van der Waals surface area contributed by atoms with Gasteiger partial charge in [-0.25, -0.2) is 4.79 Å². The molecule has 0 amide bonds. The van der Waals surface area contributed by atoms with E-state index in [1.165, 1.54) is 0 Å². The molecule has 25 heavy (non-hydrogen) atoms. The zero-order valence-corrected chi connectivity index (χ0v) is 16.9. The Hall–Kier alpha value is -2.02. The van der Waals surface area contributed by atoms with Crippen molar-refractivity contribution in [1.29, 1.82) is 5.26 Å². The van der Waals surface area contributed by atoms with Crippen LogP contribution in [-0.4, -0.2) is 27.0 Å². The van der Waals surface area contributed by atoms with Gasteiger partial charge in [0, 0.05) is 12.3 Å². The Morgan fingerprint density at radius 2 is 2.04 bits per heavy atom. The third kappa shape index (κ3) is 7.17. The van der Waals surface area contributed by atoms with Gasteiger partial charge in [-0.15, -0.1) is 0 Å². The van der Waals surface area contributed by atoms with Crippen molar-refractivity contribution in [2.45, 2.75) is 64.8 Å². The standard InChI is InChI=1S/C19H27NO4Si/c1-15-7-8-16(23-15)9-10-17(11-12-18(21)22-14-13-20)24-25(5,6)19(2,3)4/h7-8,17H,9-10,14H2,1-6H3. The summed E-state index contributed by atoms with van der Waals surface area (Å²) in [7, 11) is -2.04. The van der Waals surface area contributed by atoms with Gasteiger partial charge in [0.25, 0.3) is 0 Å². The number of aryl methyl sites for hydroxylation is 2. The van der Waals surface area contributed by atoms with Crippen molar-refractivity contribution in [2.24, 2.45) is 0 Å². The number of rotatable bonds is 6. The minimum Gasteiger partial charge on any atom is -0.466 e. The molecule has 1 rings (SSSR count). The molecule has 1 atom stereocenters. The number of esters is 1. The second-order valence-electron chi connectivity index (χ2n) is 7.42. The van der Waals surface area contributed by atoms with Crippen LogP contribution in [0.3, 0.4) is 0 Å². The molecule has 1 unspecified atom stereocenters.